The Morgan fingerprint density at radius 2 is 1.00 bits per heavy atom. The number of rotatable bonds is 2. The Kier molecular flexibility index (Phi) is 10.4. The SMILES string of the molecule is CC1=[C]([Zr+2]([C]2=C(C)C(C(C)(C)C)=CC2C)=[Ge]([CH3])[CH3])C(C)C=C1C(C)(C)C.[Cl-].[Cl-]. The summed E-state index contributed by atoms with van der Waals surface area (Å²) in [6.07, 6.45) is 5.22. The van der Waals surface area contributed by atoms with E-state index in [1.807, 2.05) is 6.56 Å². The molecule has 0 aromatic heterocycles. The second kappa shape index (κ2) is 10.1. The summed E-state index contributed by atoms with van der Waals surface area (Å²) in [5.41, 5.74) is 7.18. The van der Waals surface area contributed by atoms with Gasteiger partial charge >= 0.3 is 173 Å². The fraction of sp³-hybridized carbons (Fsp3) is 0.667. The average molecular weight is 563 g/mol. The minimum Gasteiger partial charge on any atom is -1.00 e. The Morgan fingerprint density at radius 1 is 0.714 bits per heavy atom. The van der Waals surface area contributed by atoms with E-state index in [4.69, 9.17) is 0 Å². The van der Waals surface area contributed by atoms with Gasteiger partial charge in [0.15, 0.2) is 0 Å². The van der Waals surface area contributed by atoms with Crippen molar-refractivity contribution in [2.24, 2.45) is 22.7 Å². The molecular formula is C24H40Cl2GeZr. The van der Waals surface area contributed by atoms with Crippen LogP contribution < -0.4 is 24.8 Å². The quantitative estimate of drug-likeness (QED) is 0.449. The molecule has 0 amide bonds. The molecular weight excluding hydrogens is 523 g/mol. The van der Waals surface area contributed by atoms with E-state index in [2.05, 4.69) is 92.9 Å². The Hall–Kier alpha value is 0.966. The summed E-state index contributed by atoms with van der Waals surface area (Å²) in [6, 6.07) is 0. The molecule has 0 radical (unpaired) electrons. The van der Waals surface area contributed by atoms with Gasteiger partial charge in [-0.2, -0.15) is 0 Å². The van der Waals surface area contributed by atoms with Crippen LogP contribution in [0.15, 0.2) is 41.0 Å². The van der Waals surface area contributed by atoms with Gasteiger partial charge in [-0.3, -0.25) is 0 Å². The van der Waals surface area contributed by atoms with Crippen LogP contribution in [0.2, 0.25) is 11.5 Å². The molecule has 0 bridgehead atoms. The Balaban J connectivity index is 0.00000364. The van der Waals surface area contributed by atoms with Crippen molar-refractivity contribution in [3.63, 3.8) is 0 Å². The molecule has 0 saturated carbocycles. The van der Waals surface area contributed by atoms with Crippen molar-refractivity contribution in [2.75, 3.05) is 0 Å². The van der Waals surface area contributed by atoms with Crippen LogP contribution in [0, 0.1) is 22.7 Å². The summed E-state index contributed by atoms with van der Waals surface area (Å²) in [7, 11) is -0.996. The molecule has 2 rings (SSSR count). The van der Waals surface area contributed by atoms with Crippen LogP contribution in [-0.4, -0.2) is 9.98 Å². The van der Waals surface area contributed by atoms with Gasteiger partial charge in [0.25, 0.3) is 0 Å². The summed E-state index contributed by atoms with van der Waals surface area (Å²) in [6.45, 7) is 24.2. The predicted octanol–water partition coefficient (Wildman–Crippen LogP) is 1.66. The van der Waals surface area contributed by atoms with Crippen LogP contribution >= 0.6 is 0 Å². The summed E-state index contributed by atoms with van der Waals surface area (Å²) in [4.78, 5) is 0. The molecule has 2 aliphatic rings. The third kappa shape index (κ3) is 5.60. The minimum atomic E-state index is -1.77. The van der Waals surface area contributed by atoms with Crippen LogP contribution in [0.1, 0.15) is 69.2 Å². The molecule has 0 fully saturated rings. The third-order valence-electron chi connectivity index (χ3n) is 6.01. The number of hydrogen-bond acceptors (Lipinski definition) is 0. The molecule has 0 aliphatic heterocycles. The van der Waals surface area contributed by atoms with Crippen molar-refractivity contribution in [3.05, 3.63) is 41.0 Å². The van der Waals surface area contributed by atoms with E-state index in [9.17, 15) is 0 Å². The Bertz CT molecular complexity index is 716. The third-order valence-corrected chi connectivity index (χ3v) is 34.3. The molecule has 0 aromatic rings. The van der Waals surface area contributed by atoms with Crippen LogP contribution in [0.25, 0.3) is 0 Å². The minimum absolute atomic E-state index is 0. The van der Waals surface area contributed by atoms with E-state index >= 15 is 0 Å². The summed E-state index contributed by atoms with van der Waals surface area (Å²) < 4.78 is 3.89. The molecule has 28 heavy (non-hydrogen) atoms. The summed E-state index contributed by atoms with van der Waals surface area (Å²) >= 11 is -1.77. The number of allylic oxidation sites excluding steroid dienone is 8. The Morgan fingerprint density at radius 3 is 1.18 bits per heavy atom. The first-order valence-corrected chi connectivity index (χ1v) is 24.3. The van der Waals surface area contributed by atoms with Crippen LogP contribution in [0.5, 0.6) is 0 Å². The Labute approximate surface area is 196 Å². The summed E-state index contributed by atoms with van der Waals surface area (Å²) in [5.74, 6) is 6.68. The molecule has 4 heteroatoms. The first-order chi connectivity index (χ1) is 11.7. The van der Waals surface area contributed by atoms with E-state index < -0.39 is 28.6 Å². The van der Waals surface area contributed by atoms with E-state index in [1.54, 1.807) is 22.3 Å². The zero-order valence-electron chi connectivity index (χ0n) is 20.1. The van der Waals surface area contributed by atoms with Gasteiger partial charge < -0.3 is 24.8 Å². The molecule has 0 spiro atoms. The van der Waals surface area contributed by atoms with Crippen molar-refractivity contribution < 1.29 is 43.4 Å². The molecule has 0 nitrogen and oxygen atoms in total. The first-order valence-electron chi connectivity index (χ1n) is 10.2. The first kappa shape index (κ1) is 29.0. The topological polar surface area (TPSA) is 0 Å². The molecule has 2 atom stereocenters. The van der Waals surface area contributed by atoms with E-state index in [-0.39, 0.29) is 35.6 Å². The van der Waals surface area contributed by atoms with Gasteiger partial charge in [-0.1, -0.05) is 0 Å². The van der Waals surface area contributed by atoms with Gasteiger partial charge in [-0.25, -0.2) is 0 Å². The molecule has 0 heterocycles. The zero-order valence-corrected chi connectivity index (χ0v) is 26.1. The zero-order chi connectivity index (χ0) is 20.2. The van der Waals surface area contributed by atoms with Crippen molar-refractivity contribution >= 4 is 9.98 Å². The largest absolute Gasteiger partial charge is 1.00 e. The predicted molar refractivity (Wildman–Crippen MR) is 116 cm³/mol. The van der Waals surface area contributed by atoms with Crippen LogP contribution in [0.3, 0.4) is 0 Å². The summed E-state index contributed by atoms with van der Waals surface area (Å²) in [5, 5.41) is 0. The van der Waals surface area contributed by atoms with Crippen molar-refractivity contribution in [2.45, 2.75) is 80.7 Å². The van der Waals surface area contributed by atoms with Crippen molar-refractivity contribution in [1.82, 2.24) is 0 Å². The van der Waals surface area contributed by atoms with Gasteiger partial charge in [-0.15, -0.1) is 0 Å². The van der Waals surface area contributed by atoms with Crippen LogP contribution in [-0.2, 0) is 18.6 Å². The standard InChI is InChI=1S/2C11H17.C2H6Ge.2ClH.Zr/c2*1-8-6-9(2)10(7-8)11(3,4)5;1-3-2;;;/h2*7-8H,1-5H3;1-2H3;2*1H;/q;;;;;+2/p-2. The van der Waals surface area contributed by atoms with E-state index in [0.717, 1.165) is 0 Å². The maximum Gasteiger partial charge on any atom is -1.00 e. The number of halogens is 2. The molecule has 0 saturated heterocycles. The van der Waals surface area contributed by atoms with Gasteiger partial charge in [0.2, 0.25) is 0 Å². The molecule has 2 unspecified atom stereocenters. The molecule has 0 N–H and O–H groups in total. The second-order valence-electron chi connectivity index (χ2n) is 10.7. The fourth-order valence-corrected chi connectivity index (χ4v) is 37.2. The van der Waals surface area contributed by atoms with Gasteiger partial charge in [0.05, 0.1) is 0 Å². The van der Waals surface area contributed by atoms with Gasteiger partial charge in [0, 0.05) is 0 Å². The monoisotopic (exact) mass is 562 g/mol. The van der Waals surface area contributed by atoms with Gasteiger partial charge in [-0.05, 0) is 0 Å². The smallest absolute Gasteiger partial charge is 1.00 e. The maximum absolute atomic E-state index is 2.67. The van der Waals surface area contributed by atoms with Crippen molar-refractivity contribution in [1.29, 1.82) is 0 Å². The van der Waals surface area contributed by atoms with E-state index in [0.29, 0.717) is 11.8 Å². The molecule has 158 valence electrons. The molecule has 0 aromatic carbocycles. The van der Waals surface area contributed by atoms with Crippen LogP contribution in [0.4, 0.5) is 0 Å². The average Bonchev–Trinajstić information content (AvgIpc) is 2.90. The normalized spacial score (nSPS) is 22.2. The van der Waals surface area contributed by atoms with E-state index in [1.165, 1.54) is 0 Å². The van der Waals surface area contributed by atoms with Crippen molar-refractivity contribution in [3.8, 4) is 0 Å². The maximum atomic E-state index is 2.67. The van der Waals surface area contributed by atoms with Gasteiger partial charge in [0.1, 0.15) is 0 Å². The fourth-order valence-electron chi connectivity index (χ4n) is 5.03. The second-order valence-corrected chi connectivity index (χ2v) is 38.4. The molecule has 2 aliphatic carbocycles. The number of hydrogen-bond donors (Lipinski definition) is 0.